The SMILES string of the molecule is C=C1c2c(cccc2-c2cnn(C)c2)N=C(CC)N1c1ccccc1. The maximum Gasteiger partial charge on any atom is 0.114 e. The van der Waals surface area contributed by atoms with Crippen molar-refractivity contribution in [3.8, 4) is 11.1 Å². The number of para-hydroxylation sites is 1. The molecule has 0 saturated heterocycles. The largest absolute Gasteiger partial charge is 0.298 e. The molecule has 0 fully saturated rings. The summed E-state index contributed by atoms with van der Waals surface area (Å²) in [7, 11) is 1.93. The molecule has 0 unspecified atom stereocenters. The monoisotopic (exact) mass is 328 g/mol. The third-order valence-corrected chi connectivity index (χ3v) is 4.46. The number of hydrogen-bond donors (Lipinski definition) is 0. The highest BCUT2D eigenvalue weighted by Gasteiger charge is 2.26. The van der Waals surface area contributed by atoms with Gasteiger partial charge in [0.2, 0.25) is 0 Å². The third-order valence-electron chi connectivity index (χ3n) is 4.46. The Morgan fingerprint density at radius 3 is 2.52 bits per heavy atom. The van der Waals surface area contributed by atoms with Crippen molar-refractivity contribution >= 4 is 22.9 Å². The summed E-state index contributed by atoms with van der Waals surface area (Å²) in [4.78, 5) is 7.07. The van der Waals surface area contributed by atoms with Gasteiger partial charge in [0.05, 0.1) is 17.6 Å². The van der Waals surface area contributed by atoms with Crippen LogP contribution in [-0.2, 0) is 7.05 Å². The lowest BCUT2D eigenvalue weighted by Crippen LogP contribution is -2.31. The molecule has 0 radical (unpaired) electrons. The minimum absolute atomic E-state index is 0.838. The molecule has 1 aliphatic rings. The molecule has 0 N–H and O–H groups in total. The zero-order valence-corrected chi connectivity index (χ0v) is 14.5. The summed E-state index contributed by atoms with van der Waals surface area (Å²) in [6, 6.07) is 16.5. The van der Waals surface area contributed by atoms with Crippen LogP contribution in [0.25, 0.3) is 16.8 Å². The van der Waals surface area contributed by atoms with E-state index in [-0.39, 0.29) is 0 Å². The van der Waals surface area contributed by atoms with Gasteiger partial charge < -0.3 is 0 Å². The number of aliphatic imine (C=N–C) groups is 1. The second-order valence-corrected chi connectivity index (χ2v) is 6.10. The summed E-state index contributed by atoms with van der Waals surface area (Å²) in [5.74, 6) is 1.01. The quantitative estimate of drug-likeness (QED) is 0.676. The molecule has 2 heterocycles. The lowest BCUT2D eigenvalue weighted by Gasteiger charge is -2.33. The number of nitrogens with zero attached hydrogens (tertiary/aromatic N) is 4. The van der Waals surface area contributed by atoms with E-state index in [0.29, 0.717) is 0 Å². The Balaban J connectivity index is 1.92. The number of aryl methyl sites for hydroxylation is 1. The lowest BCUT2D eigenvalue weighted by molar-refractivity contribution is 0.768. The van der Waals surface area contributed by atoms with Gasteiger partial charge in [-0.15, -0.1) is 0 Å². The van der Waals surface area contributed by atoms with Crippen LogP contribution in [-0.4, -0.2) is 15.6 Å². The van der Waals surface area contributed by atoms with E-state index in [1.807, 2.05) is 48.4 Å². The number of amidine groups is 1. The number of benzene rings is 2. The second kappa shape index (κ2) is 6.06. The van der Waals surface area contributed by atoms with Crippen LogP contribution in [0.1, 0.15) is 18.9 Å². The van der Waals surface area contributed by atoms with Crippen LogP contribution < -0.4 is 4.90 Å². The Hall–Kier alpha value is -3.14. The minimum Gasteiger partial charge on any atom is -0.298 e. The first kappa shape index (κ1) is 15.4. The van der Waals surface area contributed by atoms with E-state index in [1.165, 1.54) is 0 Å². The third kappa shape index (κ3) is 2.56. The molecule has 3 aromatic rings. The van der Waals surface area contributed by atoms with E-state index < -0.39 is 0 Å². The fourth-order valence-corrected chi connectivity index (χ4v) is 3.31. The van der Waals surface area contributed by atoms with Crippen molar-refractivity contribution in [3.63, 3.8) is 0 Å². The first-order valence-electron chi connectivity index (χ1n) is 8.43. The van der Waals surface area contributed by atoms with E-state index >= 15 is 0 Å². The zero-order valence-electron chi connectivity index (χ0n) is 14.5. The van der Waals surface area contributed by atoms with Crippen molar-refractivity contribution in [3.05, 3.63) is 73.1 Å². The zero-order chi connectivity index (χ0) is 17.4. The fraction of sp³-hybridized carbons (Fsp3) is 0.143. The van der Waals surface area contributed by atoms with Gasteiger partial charge in [-0.05, 0) is 23.8 Å². The Kier molecular flexibility index (Phi) is 3.73. The molecular weight excluding hydrogens is 308 g/mol. The molecule has 1 aromatic heterocycles. The molecular formula is C21H20N4. The number of hydrogen-bond acceptors (Lipinski definition) is 3. The van der Waals surface area contributed by atoms with E-state index in [9.17, 15) is 0 Å². The van der Waals surface area contributed by atoms with E-state index in [1.54, 1.807) is 0 Å². The number of aromatic nitrogens is 2. The van der Waals surface area contributed by atoms with Crippen LogP contribution in [0.15, 0.2) is 72.5 Å². The Morgan fingerprint density at radius 1 is 1.04 bits per heavy atom. The average molecular weight is 328 g/mol. The molecule has 0 spiro atoms. The normalized spacial score (nSPS) is 13.6. The number of fused-ring (bicyclic) bond motifs is 1. The molecule has 0 saturated carbocycles. The average Bonchev–Trinajstić information content (AvgIpc) is 3.08. The molecule has 0 bridgehead atoms. The first-order valence-corrected chi connectivity index (χ1v) is 8.43. The predicted molar refractivity (Wildman–Crippen MR) is 104 cm³/mol. The van der Waals surface area contributed by atoms with E-state index in [4.69, 9.17) is 4.99 Å². The van der Waals surface area contributed by atoms with E-state index in [0.717, 1.165) is 46.0 Å². The van der Waals surface area contributed by atoms with E-state index in [2.05, 4.69) is 47.8 Å². The van der Waals surface area contributed by atoms with Gasteiger partial charge >= 0.3 is 0 Å². The fourth-order valence-electron chi connectivity index (χ4n) is 3.31. The molecule has 0 aliphatic carbocycles. The highest BCUT2D eigenvalue weighted by atomic mass is 15.2. The topological polar surface area (TPSA) is 33.4 Å². The van der Waals surface area contributed by atoms with Gasteiger partial charge in [0.15, 0.2) is 0 Å². The smallest absolute Gasteiger partial charge is 0.114 e. The number of anilines is 1. The van der Waals surface area contributed by atoms with Gasteiger partial charge in [-0.25, -0.2) is 4.99 Å². The predicted octanol–water partition coefficient (Wildman–Crippen LogP) is 5.02. The molecule has 25 heavy (non-hydrogen) atoms. The Morgan fingerprint density at radius 2 is 1.84 bits per heavy atom. The van der Waals surface area contributed by atoms with Gasteiger partial charge in [0.25, 0.3) is 0 Å². The van der Waals surface area contributed by atoms with Crippen LogP contribution in [0, 0.1) is 0 Å². The summed E-state index contributed by atoms with van der Waals surface area (Å²) in [6.45, 7) is 6.55. The molecule has 0 amide bonds. The van der Waals surface area contributed by atoms with Crippen LogP contribution >= 0.6 is 0 Å². The summed E-state index contributed by atoms with van der Waals surface area (Å²) >= 11 is 0. The summed E-state index contributed by atoms with van der Waals surface area (Å²) in [5, 5.41) is 4.31. The molecule has 2 aromatic carbocycles. The second-order valence-electron chi connectivity index (χ2n) is 6.10. The highest BCUT2D eigenvalue weighted by Crippen LogP contribution is 2.42. The van der Waals surface area contributed by atoms with Gasteiger partial charge in [-0.3, -0.25) is 9.58 Å². The molecule has 1 aliphatic heterocycles. The molecule has 4 heteroatoms. The Labute approximate surface area is 147 Å². The van der Waals surface area contributed by atoms with Crippen molar-refractivity contribution in [1.82, 2.24) is 9.78 Å². The summed E-state index contributed by atoms with van der Waals surface area (Å²) < 4.78 is 1.82. The van der Waals surface area contributed by atoms with Crippen LogP contribution in [0.2, 0.25) is 0 Å². The van der Waals surface area contributed by atoms with Crippen molar-refractivity contribution in [2.75, 3.05) is 4.90 Å². The summed E-state index contributed by atoms with van der Waals surface area (Å²) in [5.41, 5.74) is 6.25. The molecule has 4 nitrogen and oxygen atoms in total. The van der Waals surface area contributed by atoms with Crippen LogP contribution in [0.5, 0.6) is 0 Å². The summed E-state index contributed by atoms with van der Waals surface area (Å²) in [6.07, 6.45) is 4.74. The maximum absolute atomic E-state index is 4.92. The Bertz CT molecular complexity index is 967. The maximum atomic E-state index is 4.92. The van der Waals surface area contributed by atoms with Crippen molar-refractivity contribution in [2.24, 2.45) is 12.0 Å². The standard InChI is InChI=1S/C21H20N4/c1-4-20-23-19-12-8-11-18(16-13-22-24(3)14-16)21(19)15(2)25(20)17-9-6-5-7-10-17/h5-14H,2,4H2,1,3H3. The van der Waals surface area contributed by atoms with Crippen molar-refractivity contribution < 1.29 is 0 Å². The minimum atomic E-state index is 0.838. The molecule has 4 rings (SSSR count). The van der Waals surface area contributed by atoms with Gasteiger partial charge in [0, 0.05) is 36.5 Å². The van der Waals surface area contributed by atoms with Crippen molar-refractivity contribution in [2.45, 2.75) is 13.3 Å². The van der Waals surface area contributed by atoms with Gasteiger partial charge in [-0.2, -0.15) is 5.10 Å². The first-order chi connectivity index (χ1) is 12.2. The van der Waals surface area contributed by atoms with Crippen molar-refractivity contribution in [1.29, 1.82) is 0 Å². The van der Waals surface area contributed by atoms with Gasteiger partial charge in [0.1, 0.15) is 5.84 Å². The number of rotatable bonds is 3. The highest BCUT2D eigenvalue weighted by molar-refractivity contribution is 6.14. The van der Waals surface area contributed by atoms with Gasteiger partial charge in [-0.1, -0.05) is 43.8 Å². The molecule has 124 valence electrons. The van der Waals surface area contributed by atoms with Crippen LogP contribution in [0.3, 0.4) is 0 Å². The molecule has 0 atom stereocenters. The van der Waals surface area contributed by atoms with Crippen LogP contribution in [0.4, 0.5) is 11.4 Å². The lowest BCUT2D eigenvalue weighted by atomic mass is 9.96.